The molecule has 0 radical (unpaired) electrons. The largest absolute Gasteiger partial charge is 0.429 e. The number of rotatable bonds is 6. The van der Waals surface area contributed by atoms with Gasteiger partial charge in [-0.2, -0.15) is 5.10 Å². The third kappa shape index (κ3) is 4.22. The normalized spacial score (nSPS) is 14.4. The van der Waals surface area contributed by atoms with E-state index >= 15 is 0 Å². The minimum atomic E-state index is -0.630. The molecule has 5 aromatic rings. The van der Waals surface area contributed by atoms with Gasteiger partial charge in [-0.3, -0.25) is 4.79 Å². The number of nitrogens with one attached hydrogen (secondary N) is 1. The van der Waals surface area contributed by atoms with Gasteiger partial charge in [0.2, 0.25) is 0 Å². The van der Waals surface area contributed by atoms with E-state index in [1.807, 2.05) is 19.1 Å². The first-order valence-electron chi connectivity index (χ1n) is 12.3. The molecule has 196 valence electrons. The molecule has 0 fully saturated rings. The van der Waals surface area contributed by atoms with Crippen molar-refractivity contribution >= 4 is 39.7 Å². The van der Waals surface area contributed by atoms with Gasteiger partial charge in [0, 0.05) is 23.7 Å². The lowest BCUT2D eigenvalue weighted by molar-refractivity contribution is -0.120. The monoisotopic (exact) mass is 526 g/mol. The number of nitrogens with zero attached hydrogens (tertiary/aromatic N) is 4. The summed E-state index contributed by atoms with van der Waals surface area (Å²) in [6, 6.07) is 10.5. The number of nitrogens with two attached hydrogens (primary N) is 1. The molecule has 2 aromatic carbocycles. The van der Waals surface area contributed by atoms with Crippen molar-refractivity contribution in [2.45, 2.75) is 19.4 Å². The Bertz CT molecular complexity index is 1840. The molecule has 1 aliphatic heterocycles. The van der Waals surface area contributed by atoms with Crippen molar-refractivity contribution in [3.63, 3.8) is 0 Å². The molecule has 0 amide bonds. The van der Waals surface area contributed by atoms with E-state index in [4.69, 9.17) is 20.0 Å². The maximum Gasteiger partial charge on any atom is 0.343 e. The number of benzene rings is 2. The Morgan fingerprint density at radius 1 is 1.21 bits per heavy atom. The van der Waals surface area contributed by atoms with Crippen molar-refractivity contribution in [1.82, 2.24) is 25.1 Å². The minimum Gasteiger partial charge on any atom is -0.429 e. The summed E-state index contributed by atoms with van der Waals surface area (Å²) in [5, 5.41) is 9.78. The quantitative estimate of drug-likeness (QED) is 0.316. The van der Waals surface area contributed by atoms with Crippen molar-refractivity contribution < 1.29 is 18.3 Å². The van der Waals surface area contributed by atoms with Crippen molar-refractivity contribution in [2.24, 2.45) is 0 Å². The number of carbonyl (C=O) groups excluding carboxylic acids is 1. The molecule has 0 aliphatic carbocycles. The van der Waals surface area contributed by atoms with E-state index in [1.165, 1.54) is 18.5 Å². The van der Waals surface area contributed by atoms with Gasteiger partial charge < -0.3 is 20.2 Å². The lowest BCUT2D eigenvalue weighted by Gasteiger charge is -2.21. The predicted molar refractivity (Wildman–Crippen MR) is 144 cm³/mol. The van der Waals surface area contributed by atoms with Crippen LogP contribution < -0.4 is 21.4 Å². The molecule has 3 aromatic heterocycles. The lowest BCUT2D eigenvalue weighted by atomic mass is 9.94. The van der Waals surface area contributed by atoms with Crippen LogP contribution in [0.4, 0.5) is 10.2 Å². The average molecular weight is 527 g/mol. The van der Waals surface area contributed by atoms with Crippen molar-refractivity contribution in [3.8, 4) is 17.0 Å². The molecular formula is C28H23FN6O4. The highest BCUT2D eigenvalue weighted by Crippen LogP contribution is 2.37. The van der Waals surface area contributed by atoms with Gasteiger partial charge in [-0.1, -0.05) is 24.3 Å². The fourth-order valence-electron chi connectivity index (χ4n) is 5.08. The number of anilines is 1. The number of hydrogen-bond donors (Lipinski definition) is 2. The third-order valence-electron chi connectivity index (χ3n) is 6.81. The van der Waals surface area contributed by atoms with Gasteiger partial charge in [-0.05, 0) is 49.0 Å². The van der Waals surface area contributed by atoms with Crippen LogP contribution in [0.5, 0.6) is 5.75 Å². The molecule has 1 unspecified atom stereocenters. The summed E-state index contributed by atoms with van der Waals surface area (Å²) in [6.07, 6.45) is 4.28. The van der Waals surface area contributed by atoms with Crippen LogP contribution in [0.3, 0.4) is 0 Å². The second-order valence-electron chi connectivity index (χ2n) is 9.19. The molecule has 11 heteroatoms. The molecule has 10 nitrogen and oxygen atoms in total. The number of hydrogen-bond acceptors (Lipinski definition) is 9. The molecule has 1 aliphatic rings. The minimum absolute atomic E-state index is 0.00529. The third-order valence-corrected chi connectivity index (χ3v) is 6.81. The number of nitrogen functional groups attached to an aromatic ring is 1. The maximum absolute atomic E-state index is 14.5. The van der Waals surface area contributed by atoms with Crippen LogP contribution in [0.1, 0.15) is 30.7 Å². The van der Waals surface area contributed by atoms with E-state index in [0.717, 1.165) is 35.6 Å². The SMILES string of the molecule is CC(c1oc(=O)c2ccccc2c1C1=CCCNC1)n1nc(-c2cc(F)cc(OC=O)c2)c2c(N)ncnc21. The maximum atomic E-state index is 14.5. The summed E-state index contributed by atoms with van der Waals surface area (Å²) in [7, 11) is 0. The van der Waals surface area contributed by atoms with Gasteiger partial charge in [0.25, 0.3) is 6.47 Å². The Labute approximate surface area is 220 Å². The van der Waals surface area contributed by atoms with Gasteiger partial charge >= 0.3 is 5.63 Å². The summed E-state index contributed by atoms with van der Waals surface area (Å²) in [6.45, 7) is 3.53. The Morgan fingerprint density at radius 2 is 2.03 bits per heavy atom. The summed E-state index contributed by atoms with van der Waals surface area (Å²) in [5.41, 5.74) is 8.56. The van der Waals surface area contributed by atoms with Crippen molar-refractivity contribution in [3.05, 3.63) is 82.4 Å². The Balaban J connectivity index is 1.61. The number of aromatic nitrogens is 4. The molecule has 0 saturated heterocycles. The van der Waals surface area contributed by atoms with E-state index < -0.39 is 17.5 Å². The summed E-state index contributed by atoms with van der Waals surface area (Å²) >= 11 is 0. The van der Waals surface area contributed by atoms with Gasteiger partial charge in [0.05, 0.1) is 10.8 Å². The topological polar surface area (TPSA) is 138 Å². The zero-order valence-electron chi connectivity index (χ0n) is 20.8. The van der Waals surface area contributed by atoms with E-state index in [1.54, 1.807) is 16.8 Å². The van der Waals surface area contributed by atoms with E-state index in [0.29, 0.717) is 34.3 Å². The van der Waals surface area contributed by atoms with Crippen molar-refractivity contribution in [1.29, 1.82) is 0 Å². The predicted octanol–water partition coefficient (Wildman–Crippen LogP) is 3.84. The second kappa shape index (κ2) is 9.76. The smallest absolute Gasteiger partial charge is 0.343 e. The molecular weight excluding hydrogens is 503 g/mol. The summed E-state index contributed by atoms with van der Waals surface area (Å²) in [5.74, 6) is -0.0817. The Hall–Kier alpha value is -4.90. The fourth-order valence-corrected chi connectivity index (χ4v) is 5.08. The lowest BCUT2D eigenvalue weighted by Crippen LogP contribution is -2.23. The highest BCUT2D eigenvalue weighted by Gasteiger charge is 2.27. The first-order valence-corrected chi connectivity index (χ1v) is 12.3. The number of ether oxygens (including phenoxy) is 1. The second-order valence-corrected chi connectivity index (χ2v) is 9.19. The molecule has 1 atom stereocenters. The first kappa shape index (κ1) is 24.4. The van der Waals surface area contributed by atoms with Gasteiger partial charge in [-0.25, -0.2) is 23.8 Å². The van der Waals surface area contributed by atoms with E-state index in [9.17, 15) is 14.0 Å². The van der Waals surface area contributed by atoms with Gasteiger partial charge in [-0.15, -0.1) is 0 Å². The van der Waals surface area contributed by atoms with Crippen LogP contribution in [0.2, 0.25) is 0 Å². The molecule has 0 spiro atoms. The molecule has 3 N–H and O–H groups in total. The number of fused-ring (bicyclic) bond motifs is 2. The van der Waals surface area contributed by atoms with Crippen LogP contribution in [-0.4, -0.2) is 39.3 Å². The first-order chi connectivity index (χ1) is 19.0. The Kier molecular flexibility index (Phi) is 6.12. The van der Waals surface area contributed by atoms with Crippen molar-refractivity contribution in [2.75, 3.05) is 18.8 Å². The number of carbonyl (C=O) groups is 1. The molecule has 6 rings (SSSR count). The highest BCUT2D eigenvalue weighted by atomic mass is 19.1. The summed E-state index contributed by atoms with van der Waals surface area (Å²) in [4.78, 5) is 32.5. The zero-order valence-corrected chi connectivity index (χ0v) is 20.8. The van der Waals surface area contributed by atoms with Gasteiger partial charge in [0.15, 0.2) is 5.65 Å². The van der Waals surface area contributed by atoms with Crippen LogP contribution in [0.25, 0.3) is 38.6 Å². The molecule has 39 heavy (non-hydrogen) atoms. The average Bonchev–Trinajstić information content (AvgIpc) is 3.34. The standard InChI is InChI=1S/C28H23FN6O4/c1-15(25-22(16-5-4-8-31-12-16)20-6-2-3-7-21(20)28(37)39-25)35-27-23(26(30)32-13-33-27)24(34-35)17-9-18(29)11-19(10-17)38-14-36/h2-3,5-7,9-11,13-15,31H,4,8,12H2,1H3,(H2,30,32,33). The van der Waals surface area contributed by atoms with Crippen LogP contribution in [0, 0.1) is 5.82 Å². The Morgan fingerprint density at radius 3 is 2.79 bits per heavy atom. The fraction of sp³-hybridized carbons (Fsp3) is 0.179. The van der Waals surface area contributed by atoms with E-state index in [-0.39, 0.29) is 23.7 Å². The molecule has 0 saturated carbocycles. The molecule has 4 heterocycles. The van der Waals surface area contributed by atoms with E-state index in [2.05, 4.69) is 21.4 Å². The molecule has 0 bridgehead atoms. The summed E-state index contributed by atoms with van der Waals surface area (Å²) < 4.78 is 26.9. The van der Waals surface area contributed by atoms with Crippen LogP contribution in [-0.2, 0) is 4.79 Å². The number of halogens is 1. The van der Waals surface area contributed by atoms with Crippen LogP contribution >= 0.6 is 0 Å². The van der Waals surface area contributed by atoms with Gasteiger partial charge in [0.1, 0.15) is 41.2 Å². The van der Waals surface area contributed by atoms with Crippen LogP contribution in [0.15, 0.2) is 64.1 Å². The zero-order chi connectivity index (χ0) is 27.1. The highest BCUT2D eigenvalue weighted by molar-refractivity contribution is 5.99.